The van der Waals surface area contributed by atoms with Gasteiger partial charge in [0.25, 0.3) is 0 Å². The van der Waals surface area contributed by atoms with Gasteiger partial charge in [-0.15, -0.1) is 0 Å². The van der Waals surface area contributed by atoms with Gasteiger partial charge in [-0.25, -0.2) is 0 Å². The summed E-state index contributed by atoms with van der Waals surface area (Å²) in [5, 5.41) is 4.57. The molecule has 4 aliphatic rings. The molecule has 0 saturated carbocycles. The van der Waals surface area contributed by atoms with Crippen LogP contribution in [-0.4, -0.2) is 58.4 Å². The van der Waals surface area contributed by atoms with E-state index in [0.29, 0.717) is 18.0 Å². The lowest BCUT2D eigenvalue weighted by atomic mass is 9.75. The number of aromatic nitrogens is 2. The van der Waals surface area contributed by atoms with Crippen LogP contribution in [0.3, 0.4) is 0 Å². The first kappa shape index (κ1) is 17.3. The molecule has 2 aromatic rings. The Morgan fingerprint density at radius 2 is 1.85 bits per heavy atom. The quantitative estimate of drug-likeness (QED) is 0.833. The Morgan fingerprint density at radius 3 is 2.48 bits per heavy atom. The third kappa shape index (κ3) is 2.88. The maximum absolute atomic E-state index is 5.37. The van der Waals surface area contributed by atoms with Crippen molar-refractivity contribution in [1.82, 2.24) is 19.6 Å². The zero-order valence-electron chi connectivity index (χ0n) is 16.6. The molecule has 4 saturated heterocycles. The van der Waals surface area contributed by atoms with Crippen LogP contribution >= 0.6 is 0 Å². The molecule has 0 spiro atoms. The van der Waals surface area contributed by atoms with E-state index in [-0.39, 0.29) is 0 Å². The molecule has 2 bridgehead atoms. The second-order valence-electron chi connectivity index (χ2n) is 8.58. The number of hydrogen-bond donors (Lipinski definition) is 0. The number of fused-ring (bicyclic) bond motifs is 2. The van der Waals surface area contributed by atoms with E-state index in [4.69, 9.17) is 4.74 Å². The molecule has 1 aromatic heterocycles. The summed E-state index contributed by atoms with van der Waals surface area (Å²) in [6.45, 7) is 6.86. The molecule has 144 valence electrons. The van der Waals surface area contributed by atoms with E-state index in [1.807, 2.05) is 11.7 Å². The van der Waals surface area contributed by atoms with Crippen LogP contribution in [0.5, 0.6) is 5.75 Å². The average molecular weight is 367 g/mol. The molecule has 0 aliphatic carbocycles. The van der Waals surface area contributed by atoms with Crippen molar-refractivity contribution in [3.05, 3.63) is 47.3 Å². The van der Waals surface area contributed by atoms with Gasteiger partial charge in [0.1, 0.15) is 5.75 Å². The van der Waals surface area contributed by atoms with Crippen molar-refractivity contribution >= 4 is 0 Å². The Labute approximate surface area is 161 Å². The third-order valence-corrected chi connectivity index (χ3v) is 7.13. The number of rotatable bonds is 4. The second-order valence-corrected chi connectivity index (χ2v) is 8.58. The number of hydrogen-bond acceptors (Lipinski definition) is 4. The highest BCUT2D eigenvalue weighted by Gasteiger charge is 2.53. The molecule has 5 nitrogen and oxygen atoms in total. The highest BCUT2D eigenvalue weighted by molar-refractivity contribution is 5.33. The van der Waals surface area contributed by atoms with Crippen LogP contribution in [0.15, 0.2) is 30.5 Å². The molecule has 3 atom stereocenters. The van der Waals surface area contributed by atoms with E-state index in [9.17, 15) is 0 Å². The molecule has 5 heteroatoms. The minimum Gasteiger partial charge on any atom is -0.497 e. The predicted molar refractivity (Wildman–Crippen MR) is 106 cm³/mol. The SMILES string of the molecule is COc1ccc([C@H]2CN(Cc3cn(C)nc3C)[C@H]3C4CCN(CC4)[C@@H]23)cc1. The molecule has 6 rings (SSSR count). The molecule has 0 N–H and O–H groups in total. The van der Waals surface area contributed by atoms with Crippen LogP contribution < -0.4 is 4.74 Å². The summed E-state index contributed by atoms with van der Waals surface area (Å²) in [6.07, 6.45) is 4.92. The summed E-state index contributed by atoms with van der Waals surface area (Å²) in [4.78, 5) is 5.54. The first-order valence-corrected chi connectivity index (χ1v) is 10.2. The normalized spacial score (nSPS) is 32.6. The van der Waals surface area contributed by atoms with Crippen LogP contribution in [0.25, 0.3) is 0 Å². The lowest BCUT2D eigenvalue weighted by molar-refractivity contribution is -0.00873. The number of piperidine rings is 3. The molecular weight excluding hydrogens is 336 g/mol. The molecule has 0 amide bonds. The van der Waals surface area contributed by atoms with Crippen LogP contribution in [0, 0.1) is 12.8 Å². The van der Waals surface area contributed by atoms with E-state index in [1.54, 1.807) is 7.11 Å². The fourth-order valence-corrected chi connectivity index (χ4v) is 5.89. The molecule has 0 radical (unpaired) electrons. The lowest BCUT2D eigenvalue weighted by Gasteiger charge is -2.51. The maximum Gasteiger partial charge on any atom is 0.118 e. The largest absolute Gasteiger partial charge is 0.497 e. The van der Waals surface area contributed by atoms with Crippen molar-refractivity contribution in [3.8, 4) is 5.75 Å². The topological polar surface area (TPSA) is 33.5 Å². The van der Waals surface area contributed by atoms with Gasteiger partial charge in [-0.3, -0.25) is 14.5 Å². The van der Waals surface area contributed by atoms with E-state index in [0.717, 1.165) is 24.8 Å². The molecule has 4 fully saturated rings. The van der Waals surface area contributed by atoms with Gasteiger partial charge >= 0.3 is 0 Å². The number of likely N-dealkylation sites (tertiary alicyclic amines) is 1. The van der Waals surface area contributed by atoms with Gasteiger partial charge in [0.2, 0.25) is 0 Å². The third-order valence-electron chi connectivity index (χ3n) is 7.13. The van der Waals surface area contributed by atoms with Gasteiger partial charge < -0.3 is 4.74 Å². The number of ether oxygens (including phenoxy) is 1. The van der Waals surface area contributed by atoms with Crippen molar-refractivity contribution in [2.24, 2.45) is 13.0 Å². The van der Waals surface area contributed by atoms with Crippen molar-refractivity contribution in [1.29, 1.82) is 0 Å². The van der Waals surface area contributed by atoms with Gasteiger partial charge in [0.05, 0.1) is 12.8 Å². The van der Waals surface area contributed by atoms with Gasteiger partial charge in [0, 0.05) is 49.9 Å². The zero-order chi connectivity index (χ0) is 18.5. The fraction of sp³-hybridized carbons (Fsp3) is 0.591. The Kier molecular flexibility index (Phi) is 4.25. The monoisotopic (exact) mass is 366 g/mol. The summed E-state index contributed by atoms with van der Waals surface area (Å²) in [7, 11) is 3.77. The van der Waals surface area contributed by atoms with Gasteiger partial charge in [-0.2, -0.15) is 5.10 Å². The van der Waals surface area contributed by atoms with Crippen molar-refractivity contribution in [2.45, 2.75) is 44.3 Å². The van der Waals surface area contributed by atoms with E-state index in [2.05, 4.69) is 52.3 Å². The summed E-state index contributed by atoms with van der Waals surface area (Å²) >= 11 is 0. The Bertz CT molecular complexity index is 806. The Balaban J connectivity index is 1.46. The zero-order valence-corrected chi connectivity index (χ0v) is 16.6. The van der Waals surface area contributed by atoms with Crippen molar-refractivity contribution in [3.63, 3.8) is 0 Å². The molecule has 0 unspecified atom stereocenters. The molecule has 4 aliphatic heterocycles. The van der Waals surface area contributed by atoms with Crippen LogP contribution in [0.1, 0.15) is 35.6 Å². The van der Waals surface area contributed by atoms with E-state index >= 15 is 0 Å². The lowest BCUT2D eigenvalue weighted by Crippen LogP contribution is -2.59. The van der Waals surface area contributed by atoms with Crippen LogP contribution in [-0.2, 0) is 13.6 Å². The summed E-state index contributed by atoms with van der Waals surface area (Å²) < 4.78 is 7.33. The van der Waals surface area contributed by atoms with E-state index in [1.165, 1.54) is 42.8 Å². The first-order chi connectivity index (χ1) is 13.1. The predicted octanol–water partition coefficient (Wildman–Crippen LogP) is 2.80. The maximum atomic E-state index is 5.37. The summed E-state index contributed by atoms with van der Waals surface area (Å²) in [5.74, 6) is 2.38. The standard InChI is InChI=1S/C22H30N4O/c1-15-18(12-24(2)23-15)13-26-14-20(16-4-6-19(27-3)7-5-16)22-21(26)17-8-10-25(22)11-9-17/h4-7,12,17,20-22H,8-11,13-14H2,1-3H3/t20-,21+,22+/m1/s1. The number of nitrogens with zero attached hydrogens (tertiary/aromatic N) is 4. The van der Waals surface area contributed by atoms with Gasteiger partial charge in [-0.1, -0.05) is 12.1 Å². The summed E-state index contributed by atoms with van der Waals surface area (Å²) in [6, 6.07) is 10.1. The van der Waals surface area contributed by atoms with Crippen molar-refractivity contribution < 1.29 is 4.74 Å². The molecule has 27 heavy (non-hydrogen) atoms. The molecule has 5 heterocycles. The van der Waals surface area contributed by atoms with Crippen LogP contribution in [0.4, 0.5) is 0 Å². The summed E-state index contributed by atoms with van der Waals surface area (Å²) in [5.41, 5.74) is 4.01. The Morgan fingerprint density at radius 1 is 1.11 bits per heavy atom. The smallest absolute Gasteiger partial charge is 0.118 e. The van der Waals surface area contributed by atoms with Crippen molar-refractivity contribution in [2.75, 3.05) is 26.7 Å². The average Bonchev–Trinajstić information content (AvgIpc) is 3.24. The van der Waals surface area contributed by atoms with Crippen LogP contribution in [0.2, 0.25) is 0 Å². The fourth-order valence-electron chi connectivity index (χ4n) is 5.89. The molecule has 1 aromatic carbocycles. The second kappa shape index (κ2) is 6.64. The number of benzene rings is 1. The minimum absolute atomic E-state index is 0.584. The van der Waals surface area contributed by atoms with Gasteiger partial charge in [-0.05, 0) is 56.5 Å². The van der Waals surface area contributed by atoms with Gasteiger partial charge in [0.15, 0.2) is 0 Å². The highest BCUT2D eigenvalue weighted by atomic mass is 16.5. The Hall–Kier alpha value is -1.85. The highest BCUT2D eigenvalue weighted by Crippen LogP contribution is 2.47. The number of methoxy groups -OCH3 is 1. The molecular formula is C22H30N4O. The van der Waals surface area contributed by atoms with E-state index < -0.39 is 0 Å². The first-order valence-electron chi connectivity index (χ1n) is 10.2. The number of aryl methyl sites for hydroxylation is 2. The minimum atomic E-state index is 0.584.